The molecule has 4 nitrogen and oxygen atoms in total. The largest absolute Gasteiger partial charge is 0.411 e. The smallest absolute Gasteiger partial charge is 0.336 e. The summed E-state index contributed by atoms with van der Waals surface area (Å²) in [4.78, 5) is 12.3. The third-order valence-corrected chi connectivity index (χ3v) is 4.76. The molecule has 3 rings (SSSR count). The van der Waals surface area contributed by atoms with Gasteiger partial charge in [-0.1, -0.05) is 25.0 Å². The van der Waals surface area contributed by atoms with Gasteiger partial charge in [-0.2, -0.15) is 18.3 Å². The van der Waals surface area contributed by atoms with E-state index in [1.54, 1.807) is 18.2 Å². The fraction of sp³-hybridized carbons (Fsp3) is 0.429. The number of amides is 1. The summed E-state index contributed by atoms with van der Waals surface area (Å²) in [6, 6.07) is 5.10. The van der Waals surface area contributed by atoms with Gasteiger partial charge in [-0.25, -0.2) is 0 Å². The summed E-state index contributed by atoms with van der Waals surface area (Å²) in [6.45, 7) is 0. The van der Waals surface area contributed by atoms with Crippen LogP contribution in [0.15, 0.2) is 22.7 Å². The van der Waals surface area contributed by atoms with Gasteiger partial charge in [-0.05, 0) is 34.8 Å². The molecule has 0 bridgehead atoms. The number of hydrogen-bond acceptors (Lipinski definition) is 2. The van der Waals surface area contributed by atoms with Crippen LogP contribution in [0.1, 0.15) is 36.2 Å². The average Bonchev–Trinajstić information content (AvgIpc) is 3.05. The molecule has 1 saturated carbocycles. The van der Waals surface area contributed by atoms with Crippen LogP contribution in [0.3, 0.4) is 0 Å². The first kappa shape index (κ1) is 15.3. The van der Waals surface area contributed by atoms with Crippen molar-refractivity contribution < 1.29 is 18.0 Å². The van der Waals surface area contributed by atoms with E-state index in [1.165, 1.54) is 0 Å². The van der Waals surface area contributed by atoms with E-state index in [-0.39, 0.29) is 18.5 Å². The van der Waals surface area contributed by atoms with E-state index in [0.717, 1.165) is 0 Å². The molecule has 22 heavy (non-hydrogen) atoms. The second kappa shape index (κ2) is 5.26. The lowest BCUT2D eigenvalue weighted by atomic mass is 9.96. The molecule has 0 radical (unpaired) electrons. The number of carbonyl (C=O) groups excluding carboxylic acids is 1. The Labute approximate surface area is 132 Å². The molecule has 8 heteroatoms. The number of alkyl halides is 3. The maximum atomic E-state index is 13.3. The number of aromatic nitrogens is 2. The number of halogens is 4. The molecule has 1 aromatic carbocycles. The third-order valence-electron chi connectivity index (χ3n) is 4.12. The van der Waals surface area contributed by atoms with Crippen molar-refractivity contribution in [3.63, 3.8) is 0 Å². The second-order valence-electron chi connectivity index (χ2n) is 5.48. The number of para-hydroxylation sites is 1. The molecule has 2 aromatic rings. The Morgan fingerprint density at radius 2 is 2.00 bits per heavy atom. The van der Waals surface area contributed by atoms with Crippen molar-refractivity contribution in [2.45, 2.75) is 37.4 Å². The SMILES string of the molecule is O=C(NC1(C(F)(F)F)CCCC1)c1[nH]nc2c(Br)cccc12. The van der Waals surface area contributed by atoms with Crippen LogP contribution in [0.4, 0.5) is 13.2 Å². The number of fused-ring (bicyclic) bond motifs is 1. The third kappa shape index (κ3) is 2.39. The Hall–Kier alpha value is -1.57. The molecule has 1 aliphatic carbocycles. The van der Waals surface area contributed by atoms with Crippen LogP contribution in [-0.4, -0.2) is 27.8 Å². The first-order valence-corrected chi connectivity index (χ1v) is 7.65. The molecule has 2 N–H and O–H groups in total. The van der Waals surface area contributed by atoms with Crippen molar-refractivity contribution in [1.29, 1.82) is 0 Å². The minimum atomic E-state index is -4.46. The molecule has 0 saturated heterocycles. The summed E-state index contributed by atoms with van der Waals surface area (Å²) in [7, 11) is 0. The fourth-order valence-corrected chi connectivity index (χ4v) is 3.37. The van der Waals surface area contributed by atoms with E-state index < -0.39 is 17.6 Å². The minimum absolute atomic E-state index is 0.0480. The topological polar surface area (TPSA) is 57.8 Å². The zero-order valence-corrected chi connectivity index (χ0v) is 13.0. The summed E-state index contributed by atoms with van der Waals surface area (Å²) in [5.74, 6) is -0.778. The Kier molecular flexibility index (Phi) is 3.66. The van der Waals surface area contributed by atoms with Gasteiger partial charge in [-0.15, -0.1) is 0 Å². The van der Waals surface area contributed by atoms with E-state index in [4.69, 9.17) is 0 Å². The van der Waals surface area contributed by atoms with Crippen molar-refractivity contribution in [3.8, 4) is 0 Å². The quantitative estimate of drug-likeness (QED) is 0.835. The normalized spacial score (nSPS) is 17.8. The van der Waals surface area contributed by atoms with E-state index in [9.17, 15) is 18.0 Å². The van der Waals surface area contributed by atoms with Crippen LogP contribution >= 0.6 is 15.9 Å². The van der Waals surface area contributed by atoms with Gasteiger partial charge < -0.3 is 5.32 Å². The van der Waals surface area contributed by atoms with Gasteiger partial charge in [0, 0.05) is 9.86 Å². The summed E-state index contributed by atoms with van der Waals surface area (Å²) in [6.07, 6.45) is -3.73. The number of H-pyrrole nitrogens is 1. The van der Waals surface area contributed by atoms with Crippen LogP contribution in [-0.2, 0) is 0 Å². The van der Waals surface area contributed by atoms with Crippen LogP contribution in [0.25, 0.3) is 10.9 Å². The van der Waals surface area contributed by atoms with Crippen molar-refractivity contribution in [1.82, 2.24) is 15.5 Å². The maximum Gasteiger partial charge on any atom is 0.411 e. The van der Waals surface area contributed by atoms with Crippen molar-refractivity contribution in [2.24, 2.45) is 0 Å². The fourth-order valence-electron chi connectivity index (χ4n) is 2.91. The summed E-state index contributed by atoms with van der Waals surface area (Å²) in [5, 5.41) is 9.21. The highest BCUT2D eigenvalue weighted by Gasteiger charge is 2.57. The van der Waals surface area contributed by atoms with Gasteiger partial charge in [0.2, 0.25) is 0 Å². The molecule has 1 aromatic heterocycles. The summed E-state index contributed by atoms with van der Waals surface area (Å²) in [5.41, 5.74) is -1.57. The van der Waals surface area contributed by atoms with Crippen LogP contribution in [0.2, 0.25) is 0 Å². The number of aromatic amines is 1. The lowest BCUT2D eigenvalue weighted by molar-refractivity contribution is -0.191. The summed E-state index contributed by atoms with van der Waals surface area (Å²) < 4.78 is 40.7. The molecule has 0 spiro atoms. The predicted molar refractivity (Wildman–Crippen MR) is 78.5 cm³/mol. The number of nitrogens with zero attached hydrogens (tertiary/aromatic N) is 1. The molecule has 118 valence electrons. The Morgan fingerprint density at radius 3 is 2.64 bits per heavy atom. The zero-order valence-electron chi connectivity index (χ0n) is 11.4. The molecule has 0 aliphatic heterocycles. The molecule has 0 unspecified atom stereocenters. The predicted octanol–water partition coefficient (Wildman–Crippen LogP) is 3.93. The highest BCUT2D eigenvalue weighted by Crippen LogP contribution is 2.43. The Morgan fingerprint density at radius 1 is 1.32 bits per heavy atom. The van der Waals surface area contributed by atoms with Crippen molar-refractivity contribution in [3.05, 3.63) is 28.4 Å². The number of rotatable bonds is 2. The standard InChI is InChI=1S/C14H13BrF3N3O/c15-9-5-3-4-8-10(9)20-21-11(8)12(22)19-13(14(16,17)18)6-1-2-7-13/h3-5H,1-2,6-7H2,(H,19,22)(H,20,21). The molecule has 0 atom stereocenters. The Balaban J connectivity index is 1.95. The molecular weight excluding hydrogens is 363 g/mol. The lowest BCUT2D eigenvalue weighted by Gasteiger charge is -2.32. The van der Waals surface area contributed by atoms with Gasteiger partial charge >= 0.3 is 6.18 Å². The van der Waals surface area contributed by atoms with E-state index >= 15 is 0 Å². The van der Waals surface area contributed by atoms with E-state index in [1.807, 2.05) is 0 Å². The molecular formula is C14H13BrF3N3O. The zero-order chi connectivity index (χ0) is 16.0. The van der Waals surface area contributed by atoms with Crippen molar-refractivity contribution >= 4 is 32.7 Å². The van der Waals surface area contributed by atoms with Gasteiger partial charge in [0.05, 0.1) is 0 Å². The summed E-state index contributed by atoms with van der Waals surface area (Å²) >= 11 is 3.30. The molecule has 1 heterocycles. The van der Waals surface area contributed by atoms with Crippen LogP contribution < -0.4 is 5.32 Å². The molecule has 1 aliphatic rings. The van der Waals surface area contributed by atoms with Gasteiger partial charge in [0.15, 0.2) is 0 Å². The average molecular weight is 376 g/mol. The van der Waals surface area contributed by atoms with Gasteiger partial charge in [0.1, 0.15) is 16.7 Å². The van der Waals surface area contributed by atoms with Gasteiger partial charge in [-0.3, -0.25) is 9.89 Å². The monoisotopic (exact) mass is 375 g/mol. The molecule has 1 fully saturated rings. The highest BCUT2D eigenvalue weighted by atomic mass is 79.9. The van der Waals surface area contributed by atoms with Crippen molar-refractivity contribution in [2.75, 3.05) is 0 Å². The second-order valence-corrected chi connectivity index (χ2v) is 6.33. The first-order valence-electron chi connectivity index (χ1n) is 6.86. The lowest BCUT2D eigenvalue weighted by Crippen LogP contribution is -2.57. The maximum absolute atomic E-state index is 13.3. The number of nitrogens with one attached hydrogen (secondary N) is 2. The molecule has 1 amide bonds. The van der Waals surface area contributed by atoms with Crippen LogP contribution in [0.5, 0.6) is 0 Å². The number of hydrogen-bond donors (Lipinski definition) is 2. The number of benzene rings is 1. The van der Waals surface area contributed by atoms with E-state index in [2.05, 4.69) is 31.4 Å². The van der Waals surface area contributed by atoms with E-state index in [0.29, 0.717) is 28.2 Å². The Bertz CT molecular complexity index is 720. The number of carbonyl (C=O) groups is 1. The van der Waals surface area contributed by atoms with Crippen LogP contribution in [0, 0.1) is 0 Å². The highest BCUT2D eigenvalue weighted by molar-refractivity contribution is 9.10. The minimum Gasteiger partial charge on any atom is -0.336 e. The van der Waals surface area contributed by atoms with Gasteiger partial charge in [0.25, 0.3) is 5.91 Å². The first-order chi connectivity index (χ1) is 10.3.